The van der Waals surface area contributed by atoms with Crippen LogP contribution in [0.5, 0.6) is 0 Å². The highest BCUT2D eigenvalue weighted by atomic mass is 32.1. The lowest BCUT2D eigenvalue weighted by atomic mass is 10.2. The van der Waals surface area contributed by atoms with Gasteiger partial charge in [-0.3, -0.25) is 9.59 Å². The number of esters is 1. The van der Waals surface area contributed by atoms with Gasteiger partial charge in [-0.2, -0.15) is 0 Å². The summed E-state index contributed by atoms with van der Waals surface area (Å²) in [6.45, 7) is 2.90. The number of ether oxygens (including phenoxy) is 1. The van der Waals surface area contributed by atoms with Crippen molar-refractivity contribution < 1.29 is 19.1 Å². The van der Waals surface area contributed by atoms with E-state index in [0.29, 0.717) is 27.6 Å². The van der Waals surface area contributed by atoms with Crippen LogP contribution in [-0.2, 0) is 14.3 Å². The molecule has 28 heavy (non-hydrogen) atoms. The Morgan fingerprint density at radius 2 is 1.71 bits per heavy atom. The number of hydrogen-bond acceptors (Lipinski definition) is 7. The van der Waals surface area contributed by atoms with Gasteiger partial charge in [0, 0.05) is 18.3 Å². The summed E-state index contributed by atoms with van der Waals surface area (Å²) in [5.74, 6) is -1.27. The molecule has 3 aromatic rings. The SMILES string of the molecule is CC(=O)Nc1ccc(NC(=O)C(C)OC(=O)c2ccc3nc(N)sc3c2)cc1. The molecule has 2 aromatic carbocycles. The number of nitrogens with one attached hydrogen (secondary N) is 2. The summed E-state index contributed by atoms with van der Waals surface area (Å²) in [5.41, 5.74) is 7.81. The molecule has 0 radical (unpaired) electrons. The Kier molecular flexibility index (Phi) is 5.55. The molecule has 1 atom stereocenters. The number of nitrogens with two attached hydrogens (primary N) is 1. The van der Waals surface area contributed by atoms with Crippen LogP contribution >= 0.6 is 11.3 Å². The zero-order chi connectivity index (χ0) is 20.3. The van der Waals surface area contributed by atoms with Crippen LogP contribution in [0.4, 0.5) is 16.5 Å². The Labute approximate surface area is 164 Å². The summed E-state index contributed by atoms with van der Waals surface area (Å²) in [6, 6.07) is 11.5. The summed E-state index contributed by atoms with van der Waals surface area (Å²) in [4.78, 5) is 39.7. The number of rotatable bonds is 5. The van der Waals surface area contributed by atoms with Crippen molar-refractivity contribution in [3.8, 4) is 0 Å². The summed E-state index contributed by atoms with van der Waals surface area (Å²) < 4.78 is 6.01. The Balaban J connectivity index is 1.60. The van der Waals surface area contributed by atoms with Crippen LogP contribution in [0.2, 0.25) is 0 Å². The van der Waals surface area contributed by atoms with Crippen LogP contribution in [0.15, 0.2) is 42.5 Å². The molecule has 0 aliphatic rings. The highest BCUT2D eigenvalue weighted by Gasteiger charge is 2.19. The summed E-state index contributed by atoms with van der Waals surface area (Å²) in [6.07, 6.45) is -0.996. The molecule has 1 heterocycles. The number of nitrogen functional groups attached to an aromatic ring is 1. The lowest BCUT2D eigenvalue weighted by Gasteiger charge is -2.14. The number of aromatic nitrogens is 1. The first kappa shape index (κ1) is 19.3. The molecule has 4 N–H and O–H groups in total. The molecule has 9 heteroatoms. The standard InChI is InChI=1S/C19H18N4O4S/c1-10(17(25)22-14-6-4-13(5-7-14)21-11(2)24)27-18(26)12-3-8-15-16(9-12)28-19(20)23-15/h3-10H,1-2H3,(H2,20,23)(H,21,24)(H,22,25). The lowest BCUT2D eigenvalue weighted by Crippen LogP contribution is -2.30. The van der Waals surface area contributed by atoms with Gasteiger partial charge in [-0.1, -0.05) is 11.3 Å². The highest BCUT2D eigenvalue weighted by molar-refractivity contribution is 7.22. The Morgan fingerprint density at radius 1 is 1.07 bits per heavy atom. The molecule has 1 unspecified atom stereocenters. The fourth-order valence-corrected chi connectivity index (χ4v) is 3.21. The van der Waals surface area contributed by atoms with Crippen molar-refractivity contribution in [2.24, 2.45) is 0 Å². The van der Waals surface area contributed by atoms with E-state index in [9.17, 15) is 14.4 Å². The minimum Gasteiger partial charge on any atom is -0.449 e. The van der Waals surface area contributed by atoms with E-state index in [2.05, 4.69) is 15.6 Å². The molecular weight excluding hydrogens is 380 g/mol. The summed E-state index contributed by atoms with van der Waals surface area (Å²) >= 11 is 1.27. The Bertz CT molecular complexity index is 1050. The smallest absolute Gasteiger partial charge is 0.338 e. The van der Waals surface area contributed by atoms with Gasteiger partial charge in [-0.05, 0) is 49.4 Å². The molecule has 0 fully saturated rings. The first-order valence-electron chi connectivity index (χ1n) is 8.37. The van der Waals surface area contributed by atoms with E-state index in [1.54, 1.807) is 42.5 Å². The third-order valence-electron chi connectivity index (χ3n) is 3.77. The minimum absolute atomic E-state index is 0.184. The van der Waals surface area contributed by atoms with Crippen LogP contribution in [0.3, 0.4) is 0 Å². The zero-order valence-corrected chi connectivity index (χ0v) is 16.0. The molecular formula is C19H18N4O4S. The maximum Gasteiger partial charge on any atom is 0.338 e. The number of benzene rings is 2. The van der Waals surface area contributed by atoms with Gasteiger partial charge in [0.15, 0.2) is 11.2 Å². The van der Waals surface area contributed by atoms with E-state index in [1.807, 2.05) is 0 Å². The molecule has 0 bridgehead atoms. The van der Waals surface area contributed by atoms with Gasteiger partial charge in [-0.25, -0.2) is 9.78 Å². The maximum absolute atomic E-state index is 12.3. The van der Waals surface area contributed by atoms with Crippen LogP contribution < -0.4 is 16.4 Å². The van der Waals surface area contributed by atoms with Gasteiger partial charge in [0.2, 0.25) is 5.91 Å². The normalized spacial score (nSPS) is 11.6. The molecule has 0 aliphatic carbocycles. The van der Waals surface area contributed by atoms with E-state index in [4.69, 9.17) is 10.5 Å². The molecule has 0 spiro atoms. The van der Waals surface area contributed by atoms with Crippen molar-refractivity contribution in [3.05, 3.63) is 48.0 Å². The average Bonchev–Trinajstić information content (AvgIpc) is 3.01. The minimum atomic E-state index is -0.996. The van der Waals surface area contributed by atoms with Crippen molar-refractivity contribution in [1.29, 1.82) is 0 Å². The molecule has 8 nitrogen and oxygen atoms in total. The van der Waals surface area contributed by atoms with Crippen molar-refractivity contribution in [2.45, 2.75) is 20.0 Å². The Hall–Kier alpha value is -3.46. The fraction of sp³-hybridized carbons (Fsp3) is 0.158. The van der Waals surface area contributed by atoms with Gasteiger partial charge in [0.1, 0.15) is 0 Å². The van der Waals surface area contributed by atoms with Crippen molar-refractivity contribution in [2.75, 3.05) is 16.4 Å². The quantitative estimate of drug-likeness (QED) is 0.568. The molecule has 0 saturated carbocycles. The predicted molar refractivity (Wildman–Crippen MR) is 108 cm³/mol. The van der Waals surface area contributed by atoms with Crippen molar-refractivity contribution >= 4 is 55.8 Å². The van der Waals surface area contributed by atoms with E-state index in [0.717, 1.165) is 4.70 Å². The predicted octanol–water partition coefficient (Wildman–Crippen LogP) is 3.02. The van der Waals surface area contributed by atoms with E-state index >= 15 is 0 Å². The van der Waals surface area contributed by atoms with Crippen molar-refractivity contribution in [1.82, 2.24) is 4.98 Å². The third-order valence-corrected chi connectivity index (χ3v) is 4.61. The Morgan fingerprint density at radius 3 is 2.36 bits per heavy atom. The number of amides is 2. The van der Waals surface area contributed by atoms with E-state index in [-0.39, 0.29) is 5.91 Å². The average molecular weight is 398 g/mol. The fourth-order valence-electron chi connectivity index (χ4n) is 2.44. The van der Waals surface area contributed by atoms with Gasteiger partial charge in [0.05, 0.1) is 15.8 Å². The monoisotopic (exact) mass is 398 g/mol. The number of carbonyl (C=O) groups excluding carboxylic acids is 3. The molecule has 144 valence electrons. The summed E-state index contributed by atoms with van der Waals surface area (Å²) in [7, 11) is 0. The van der Waals surface area contributed by atoms with E-state index in [1.165, 1.54) is 25.2 Å². The molecule has 1 aromatic heterocycles. The van der Waals surface area contributed by atoms with Gasteiger partial charge in [0.25, 0.3) is 5.91 Å². The van der Waals surface area contributed by atoms with Gasteiger partial charge in [-0.15, -0.1) is 0 Å². The van der Waals surface area contributed by atoms with Crippen LogP contribution in [0.1, 0.15) is 24.2 Å². The molecule has 0 saturated heterocycles. The number of anilines is 3. The zero-order valence-electron chi connectivity index (χ0n) is 15.2. The highest BCUT2D eigenvalue weighted by Crippen LogP contribution is 2.25. The van der Waals surface area contributed by atoms with E-state index < -0.39 is 18.0 Å². The second kappa shape index (κ2) is 8.05. The topological polar surface area (TPSA) is 123 Å². The van der Waals surface area contributed by atoms with Gasteiger partial charge >= 0.3 is 5.97 Å². The molecule has 2 amide bonds. The lowest BCUT2D eigenvalue weighted by molar-refractivity contribution is -0.123. The number of thiazole rings is 1. The summed E-state index contributed by atoms with van der Waals surface area (Å²) in [5, 5.41) is 5.71. The second-order valence-corrected chi connectivity index (χ2v) is 7.09. The van der Waals surface area contributed by atoms with Gasteiger partial charge < -0.3 is 21.1 Å². The number of hydrogen-bond donors (Lipinski definition) is 3. The van der Waals surface area contributed by atoms with Crippen molar-refractivity contribution in [3.63, 3.8) is 0 Å². The third kappa shape index (κ3) is 4.63. The second-order valence-electron chi connectivity index (χ2n) is 6.03. The number of fused-ring (bicyclic) bond motifs is 1. The maximum atomic E-state index is 12.3. The number of carbonyl (C=O) groups is 3. The molecule has 3 rings (SSSR count). The van der Waals surface area contributed by atoms with Crippen LogP contribution in [-0.4, -0.2) is 28.9 Å². The van der Waals surface area contributed by atoms with Crippen LogP contribution in [0.25, 0.3) is 10.2 Å². The largest absolute Gasteiger partial charge is 0.449 e. The number of nitrogens with zero attached hydrogens (tertiary/aromatic N) is 1. The molecule has 0 aliphatic heterocycles. The first-order valence-corrected chi connectivity index (χ1v) is 9.19. The first-order chi connectivity index (χ1) is 13.3. The van der Waals surface area contributed by atoms with Crippen LogP contribution in [0, 0.1) is 0 Å².